The maximum atomic E-state index is 11.4. The van der Waals surface area contributed by atoms with E-state index in [1.165, 1.54) is 0 Å². The summed E-state index contributed by atoms with van der Waals surface area (Å²) in [7, 11) is 0. The van der Waals surface area contributed by atoms with Gasteiger partial charge in [0.15, 0.2) is 0 Å². The Bertz CT molecular complexity index is 224. The Morgan fingerprint density at radius 3 is 2.53 bits per heavy atom. The largest absolute Gasteiger partial charge is 0.481 e. The van der Waals surface area contributed by atoms with Crippen LogP contribution in [0.15, 0.2) is 0 Å². The lowest BCUT2D eigenvalue weighted by Crippen LogP contribution is -2.45. The zero-order valence-electron chi connectivity index (χ0n) is 10.1. The third-order valence-corrected chi connectivity index (χ3v) is 3.28. The normalized spacial score (nSPS) is 27.7. The second-order valence-electron chi connectivity index (χ2n) is 5.93. The highest BCUT2D eigenvalue weighted by Gasteiger charge is 2.39. The fraction of sp³-hybridized carbons (Fsp3) is 0.917. The highest BCUT2D eigenvalue weighted by Crippen LogP contribution is 2.36. The van der Waals surface area contributed by atoms with Gasteiger partial charge in [-0.3, -0.25) is 4.79 Å². The zero-order chi connectivity index (χ0) is 11.5. The Morgan fingerprint density at radius 2 is 2.13 bits per heavy atom. The van der Waals surface area contributed by atoms with Crippen molar-refractivity contribution in [2.24, 2.45) is 10.8 Å². The van der Waals surface area contributed by atoms with Crippen molar-refractivity contribution in [3.05, 3.63) is 0 Å². The number of rotatable bonds is 3. The SMILES string of the molecule is CC(C)(C)CCC1(C(=O)O)CCCNC1. The molecule has 1 aliphatic heterocycles. The van der Waals surface area contributed by atoms with Crippen LogP contribution < -0.4 is 5.32 Å². The lowest BCUT2D eigenvalue weighted by atomic mass is 9.73. The van der Waals surface area contributed by atoms with Crippen LogP contribution in [0.4, 0.5) is 0 Å². The van der Waals surface area contributed by atoms with E-state index in [0.29, 0.717) is 6.54 Å². The molecule has 1 rings (SSSR count). The molecule has 3 heteroatoms. The van der Waals surface area contributed by atoms with Gasteiger partial charge in [0.1, 0.15) is 0 Å². The number of carboxylic acid groups (broad SMARTS) is 1. The molecule has 0 bridgehead atoms. The number of carbonyl (C=O) groups is 1. The van der Waals surface area contributed by atoms with Gasteiger partial charge in [-0.15, -0.1) is 0 Å². The van der Waals surface area contributed by atoms with Crippen LogP contribution in [0.3, 0.4) is 0 Å². The van der Waals surface area contributed by atoms with Crippen molar-refractivity contribution >= 4 is 5.97 Å². The summed E-state index contributed by atoms with van der Waals surface area (Å²) >= 11 is 0. The minimum Gasteiger partial charge on any atom is -0.481 e. The molecule has 0 aromatic rings. The first kappa shape index (κ1) is 12.5. The highest BCUT2D eigenvalue weighted by atomic mass is 16.4. The van der Waals surface area contributed by atoms with E-state index in [-0.39, 0.29) is 5.41 Å². The number of hydrogen-bond donors (Lipinski definition) is 2. The van der Waals surface area contributed by atoms with E-state index >= 15 is 0 Å². The molecule has 1 atom stereocenters. The first-order valence-corrected chi connectivity index (χ1v) is 5.80. The van der Waals surface area contributed by atoms with Gasteiger partial charge >= 0.3 is 5.97 Å². The van der Waals surface area contributed by atoms with Crippen molar-refractivity contribution < 1.29 is 9.90 Å². The van der Waals surface area contributed by atoms with E-state index in [1.54, 1.807) is 0 Å². The number of piperidine rings is 1. The van der Waals surface area contributed by atoms with Crippen LogP contribution in [-0.4, -0.2) is 24.2 Å². The summed E-state index contributed by atoms with van der Waals surface area (Å²) in [6.07, 6.45) is 3.57. The van der Waals surface area contributed by atoms with Crippen LogP contribution in [0.5, 0.6) is 0 Å². The van der Waals surface area contributed by atoms with Gasteiger partial charge in [0.2, 0.25) is 0 Å². The fourth-order valence-electron chi connectivity index (χ4n) is 2.08. The molecule has 0 amide bonds. The molecule has 0 saturated carbocycles. The average molecular weight is 213 g/mol. The van der Waals surface area contributed by atoms with Crippen LogP contribution >= 0.6 is 0 Å². The van der Waals surface area contributed by atoms with E-state index in [2.05, 4.69) is 26.1 Å². The van der Waals surface area contributed by atoms with Gasteiger partial charge in [-0.1, -0.05) is 20.8 Å². The summed E-state index contributed by atoms with van der Waals surface area (Å²) in [6, 6.07) is 0. The standard InChI is InChI=1S/C12H23NO2/c1-11(2,3)6-7-12(10(14)15)5-4-8-13-9-12/h13H,4-9H2,1-3H3,(H,14,15). The molecule has 0 spiro atoms. The second-order valence-corrected chi connectivity index (χ2v) is 5.93. The van der Waals surface area contributed by atoms with E-state index in [1.807, 2.05) is 0 Å². The molecule has 1 fully saturated rings. The molecular formula is C12H23NO2. The molecule has 2 N–H and O–H groups in total. The summed E-state index contributed by atoms with van der Waals surface area (Å²) in [5.74, 6) is -0.626. The smallest absolute Gasteiger partial charge is 0.310 e. The maximum absolute atomic E-state index is 11.4. The summed E-state index contributed by atoms with van der Waals surface area (Å²) in [5, 5.41) is 12.6. The van der Waals surface area contributed by atoms with Gasteiger partial charge in [0.05, 0.1) is 5.41 Å². The van der Waals surface area contributed by atoms with Crippen molar-refractivity contribution in [2.75, 3.05) is 13.1 Å². The molecule has 1 aliphatic rings. The first-order valence-electron chi connectivity index (χ1n) is 5.80. The Balaban J connectivity index is 2.61. The minimum atomic E-state index is -0.626. The molecule has 1 saturated heterocycles. The summed E-state index contributed by atoms with van der Waals surface area (Å²) in [5.41, 5.74) is -0.286. The minimum absolute atomic E-state index is 0.222. The lowest BCUT2D eigenvalue weighted by molar-refractivity contribution is -0.151. The van der Waals surface area contributed by atoms with Crippen molar-refractivity contribution in [1.82, 2.24) is 5.32 Å². The van der Waals surface area contributed by atoms with Crippen molar-refractivity contribution in [3.63, 3.8) is 0 Å². The quantitative estimate of drug-likeness (QED) is 0.756. The molecule has 88 valence electrons. The monoisotopic (exact) mass is 213 g/mol. The molecule has 0 aromatic heterocycles. The zero-order valence-corrected chi connectivity index (χ0v) is 10.1. The van der Waals surface area contributed by atoms with Gasteiger partial charge in [0, 0.05) is 6.54 Å². The predicted molar refractivity (Wildman–Crippen MR) is 60.9 cm³/mol. The number of aliphatic carboxylic acids is 1. The molecule has 1 heterocycles. The third-order valence-electron chi connectivity index (χ3n) is 3.28. The Kier molecular flexibility index (Phi) is 3.77. The highest BCUT2D eigenvalue weighted by molar-refractivity contribution is 5.75. The molecule has 3 nitrogen and oxygen atoms in total. The summed E-state index contributed by atoms with van der Waals surface area (Å²) < 4.78 is 0. The lowest BCUT2D eigenvalue weighted by Gasteiger charge is -2.35. The summed E-state index contributed by atoms with van der Waals surface area (Å²) in [6.45, 7) is 8.10. The molecule has 0 aliphatic carbocycles. The summed E-state index contributed by atoms with van der Waals surface area (Å²) in [4.78, 5) is 11.4. The van der Waals surface area contributed by atoms with Gasteiger partial charge in [-0.2, -0.15) is 0 Å². The topological polar surface area (TPSA) is 49.3 Å². The van der Waals surface area contributed by atoms with Crippen molar-refractivity contribution in [2.45, 2.75) is 46.5 Å². The number of carboxylic acids is 1. The van der Waals surface area contributed by atoms with Crippen LogP contribution in [0.1, 0.15) is 46.5 Å². The van der Waals surface area contributed by atoms with Crippen LogP contribution in [0, 0.1) is 10.8 Å². The van der Waals surface area contributed by atoms with Crippen molar-refractivity contribution in [3.8, 4) is 0 Å². The van der Waals surface area contributed by atoms with Crippen molar-refractivity contribution in [1.29, 1.82) is 0 Å². The van der Waals surface area contributed by atoms with Crippen LogP contribution in [0.2, 0.25) is 0 Å². The van der Waals surface area contributed by atoms with Gasteiger partial charge in [0.25, 0.3) is 0 Å². The molecule has 0 radical (unpaired) electrons. The number of hydrogen-bond acceptors (Lipinski definition) is 2. The Labute approximate surface area is 92.3 Å². The Hall–Kier alpha value is -0.570. The van der Waals surface area contributed by atoms with E-state index in [9.17, 15) is 9.90 Å². The second kappa shape index (κ2) is 4.52. The molecule has 15 heavy (non-hydrogen) atoms. The number of nitrogens with one attached hydrogen (secondary N) is 1. The van der Waals surface area contributed by atoms with Gasteiger partial charge in [-0.05, 0) is 37.6 Å². The van der Waals surface area contributed by atoms with Gasteiger partial charge in [-0.25, -0.2) is 0 Å². The first-order chi connectivity index (χ1) is 6.86. The van der Waals surface area contributed by atoms with Crippen LogP contribution in [-0.2, 0) is 4.79 Å². The molecule has 0 aromatic carbocycles. The third kappa shape index (κ3) is 3.49. The van der Waals surface area contributed by atoms with E-state index in [4.69, 9.17) is 0 Å². The van der Waals surface area contributed by atoms with Gasteiger partial charge < -0.3 is 10.4 Å². The molecule has 1 unspecified atom stereocenters. The average Bonchev–Trinajstić information content (AvgIpc) is 2.15. The molecular weight excluding hydrogens is 190 g/mol. The van der Waals surface area contributed by atoms with Crippen LogP contribution in [0.25, 0.3) is 0 Å². The Morgan fingerprint density at radius 1 is 1.47 bits per heavy atom. The van der Waals surface area contributed by atoms with E-state index < -0.39 is 11.4 Å². The fourth-order valence-corrected chi connectivity index (χ4v) is 2.08. The predicted octanol–water partition coefficient (Wildman–Crippen LogP) is 2.27. The maximum Gasteiger partial charge on any atom is 0.310 e. The van der Waals surface area contributed by atoms with E-state index in [0.717, 1.165) is 32.2 Å².